The Bertz CT molecular complexity index is 409. The van der Waals surface area contributed by atoms with Crippen LogP contribution in [0.4, 0.5) is 0 Å². The number of aromatic nitrogens is 2. The molecule has 1 aromatic heterocycles. The van der Waals surface area contributed by atoms with Gasteiger partial charge in [-0.1, -0.05) is 0 Å². The molecule has 0 aliphatic heterocycles. The van der Waals surface area contributed by atoms with Gasteiger partial charge in [0, 0.05) is 31.4 Å². The van der Waals surface area contributed by atoms with Gasteiger partial charge in [-0.15, -0.1) is 0 Å². The minimum absolute atomic E-state index is 0.315. The van der Waals surface area contributed by atoms with Crippen molar-refractivity contribution in [3.8, 4) is 6.07 Å². The van der Waals surface area contributed by atoms with E-state index in [2.05, 4.69) is 23.4 Å². The number of rotatable bonds is 4. The molecule has 0 spiro atoms. The van der Waals surface area contributed by atoms with E-state index in [9.17, 15) is 0 Å². The summed E-state index contributed by atoms with van der Waals surface area (Å²) in [6.07, 6.45) is 0. The van der Waals surface area contributed by atoms with Crippen LogP contribution in [0.25, 0.3) is 0 Å². The standard InChI is InChI=1S/C12H20N4/c1-9-11(10(2)16(5)15-9)6-14-8-12(3,4)7-13/h14H,6,8H2,1-5H3. The van der Waals surface area contributed by atoms with E-state index >= 15 is 0 Å². The third kappa shape index (κ3) is 2.83. The van der Waals surface area contributed by atoms with Crippen LogP contribution in [0.15, 0.2) is 0 Å². The summed E-state index contributed by atoms with van der Waals surface area (Å²) in [6, 6.07) is 2.28. The summed E-state index contributed by atoms with van der Waals surface area (Å²) in [5.41, 5.74) is 3.16. The Morgan fingerprint density at radius 3 is 2.50 bits per heavy atom. The SMILES string of the molecule is Cc1nn(C)c(C)c1CNCC(C)(C)C#N. The first-order valence-electron chi connectivity index (χ1n) is 5.48. The largest absolute Gasteiger partial charge is 0.311 e. The molecule has 1 aromatic rings. The molecule has 1 heterocycles. The van der Waals surface area contributed by atoms with Gasteiger partial charge in [-0.05, 0) is 27.7 Å². The summed E-state index contributed by atoms with van der Waals surface area (Å²) in [4.78, 5) is 0. The van der Waals surface area contributed by atoms with Gasteiger partial charge in [0.2, 0.25) is 0 Å². The molecule has 0 aromatic carbocycles. The minimum Gasteiger partial charge on any atom is -0.311 e. The van der Waals surface area contributed by atoms with Crippen molar-refractivity contribution in [1.29, 1.82) is 5.26 Å². The normalized spacial score (nSPS) is 11.5. The highest BCUT2D eigenvalue weighted by Gasteiger charge is 2.16. The minimum atomic E-state index is -0.315. The van der Waals surface area contributed by atoms with Crippen molar-refractivity contribution in [2.45, 2.75) is 34.2 Å². The first kappa shape index (κ1) is 12.7. The Balaban J connectivity index is 2.60. The van der Waals surface area contributed by atoms with Crippen LogP contribution in [0.1, 0.15) is 30.8 Å². The molecule has 0 saturated heterocycles. The Labute approximate surface area is 97.3 Å². The Kier molecular flexibility index (Phi) is 3.71. The quantitative estimate of drug-likeness (QED) is 0.840. The predicted molar refractivity (Wildman–Crippen MR) is 63.8 cm³/mol. The van der Waals surface area contributed by atoms with Gasteiger partial charge in [0.1, 0.15) is 0 Å². The number of hydrogen-bond donors (Lipinski definition) is 1. The van der Waals surface area contributed by atoms with Crippen molar-refractivity contribution in [3.63, 3.8) is 0 Å². The average Bonchev–Trinajstić information content (AvgIpc) is 2.44. The van der Waals surface area contributed by atoms with Crippen molar-refractivity contribution in [1.82, 2.24) is 15.1 Å². The maximum Gasteiger partial charge on any atom is 0.0697 e. The zero-order valence-corrected chi connectivity index (χ0v) is 10.8. The van der Waals surface area contributed by atoms with E-state index in [0.29, 0.717) is 6.54 Å². The van der Waals surface area contributed by atoms with Crippen molar-refractivity contribution >= 4 is 0 Å². The summed E-state index contributed by atoms with van der Waals surface area (Å²) < 4.78 is 1.89. The molecule has 16 heavy (non-hydrogen) atoms. The number of nitrogens with one attached hydrogen (secondary N) is 1. The second kappa shape index (κ2) is 4.67. The number of nitrogens with zero attached hydrogens (tertiary/aromatic N) is 3. The average molecular weight is 220 g/mol. The second-order valence-corrected chi connectivity index (χ2v) is 4.87. The number of aryl methyl sites for hydroxylation is 2. The lowest BCUT2D eigenvalue weighted by Gasteiger charge is -2.15. The fourth-order valence-electron chi connectivity index (χ4n) is 1.61. The molecule has 0 fully saturated rings. The first-order chi connectivity index (χ1) is 7.37. The van der Waals surface area contributed by atoms with Crippen LogP contribution < -0.4 is 5.32 Å². The molecule has 0 atom stereocenters. The Morgan fingerprint density at radius 1 is 1.44 bits per heavy atom. The van der Waals surface area contributed by atoms with Gasteiger partial charge in [-0.25, -0.2) is 0 Å². The Hall–Kier alpha value is -1.34. The van der Waals surface area contributed by atoms with Gasteiger partial charge >= 0.3 is 0 Å². The second-order valence-electron chi connectivity index (χ2n) is 4.87. The van der Waals surface area contributed by atoms with Crippen LogP contribution in [0.3, 0.4) is 0 Å². The van der Waals surface area contributed by atoms with Crippen molar-refractivity contribution < 1.29 is 0 Å². The fraction of sp³-hybridized carbons (Fsp3) is 0.667. The van der Waals surface area contributed by atoms with Gasteiger partial charge in [0.25, 0.3) is 0 Å². The molecule has 0 saturated carbocycles. The Morgan fingerprint density at radius 2 is 2.06 bits per heavy atom. The zero-order valence-electron chi connectivity index (χ0n) is 10.8. The van der Waals surface area contributed by atoms with E-state index in [-0.39, 0.29) is 5.41 Å². The monoisotopic (exact) mass is 220 g/mol. The molecule has 88 valence electrons. The predicted octanol–water partition coefficient (Wildman–Crippen LogP) is 1.68. The maximum atomic E-state index is 8.90. The summed E-state index contributed by atoms with van der Waals surface area (Å²) >= 11 is 0. The topological polar surface area (TPSA) is 53.6 Å². The molecule has 0 radical (unpaired) electrons. The van der Waals surface area contributed by atoms with E-state index < -0.39 is 0 Å². The van der Waals surface area contributed by atoms with Crippen LogP contribution in [0.2, 0.25) is 0 Å². The van der Waals surface area contributed by atoms with Crippen LogP contribution >= 0.6 is 0 Å². The molecule has 0 amide bonds. The van der Waals surface area contributed by atoms with E-state index in [1.54, 1.807) is 0 Å². The molecule has 0 aliphatic rings. The van der Waals surface area contributed by atoms with Crippen LogP contribution in [-0.4, -0.2) is 16.3 Å². The molecule has 0 bridgehead atoms. The third-order valence-electron chi connectivity index (χ3n) is 2.83. The van der Waals surface area contributed by atoms with Gasteiger partial charge in [-0.3, -0.25) is 4.68 Å². The van der Waals surface area contributed by atoms with E-state index in [1.165, 1.54) is 11.3 Å². The van der Waals surface area contributed by atoms with E-state index in [1.807, 2.05) is 32.5 Å². The summed E-state index contributed by atoms with van der Waals surface area (Å²) in [5.74, 6) is 0. The smallest absolute Gasteiger partial charge is 0.0697 e. The maximum absolute atomic E-state index is 8.90. The zero-order chi connectivity index (χ0) is 12.3. The molecular weight excluding hydrogens is 200 g/mol. The van der Waals surface area contributed by atoms with Gasteiger partial charge in [-0.2, -0.15) is 10.4 Å². The van der Waals surface area contributed by atoms with Gasteiger partial charge < -0.3 is 5.32 Å². The lowest BCUT2D eigenvalue weighted by Crippen LogP contribution is -2.28. The molecular formula is C12H20N4. The highest BCUT2D eigenvalue weighted by molar-refractivity contribution is 5.24. The van der Waals surface area contributed by atoms with E-state index in [0.717, 1.165) is 12.2 Å². The fourth-order valence-corrected chi connectivity index (χ4v) is 1.61. The molecule has 4 nitrogen and oxygen atoms in total. The van der Waals surface area contributed by atoms with Crippen molar-refractivity contribution in [2.75, 3.05) is 6.54 Å². The summed E-state index contributed by atoms with van der Waals surface area (Å²) in [7, 11) is 1.95. The van der Waals surface area contributed by atoms with E-state index in [4.69, 9.17) is 5.26 Å². The third-order valence-corrected chi connectivity index (χ3v) is 2.83. The van der Waals surface area contributed by atoms with Gasteiger partial charge in [0.05, 0.1) is 17.2 Å². The first-order valence-corrected chi connectivity index (χ1v) is 5.48. The van der Waals surface area contributed by atoms with Gasteiger partial charge in [0.15, 0.2) is 0 Å². The number of nitriles is 1. The van der Waals surface area contributed by atoms with Crippen LogP contribution in [0.5, 0.6) is 0 Å². The van der Waals surface area contributed by atoms with Crippen molar-refractivity contribution in [3.05, 3.63) is 17.0 Å². The lowest BCUT2D eigenvalue weighted by atomic mass is 9.96. The molecule has 1 rings (SSSR count). The van der Waals surface area contributed by atoms with Crippen molar-refractivity contribution in [2.24, 2.45) is 12.5 Å². The molecule has 0 unspecified atom stereocenters. The number of hydrogen-bond acceptors (Lipinski definition) is 3. The molecule has 0 aliphatic carbocycles. The lowest BCUT2D eigenvalue weighted by molar-refractivity contribution is 0.444. The molecule has 4 heteroatoms. The molecule has 1 N–H and O–H groups in total. The summed E-state index contributed by atoms with van der Waals surface area (Å²) in [5, 5.41) is 16.6. The van der Waals surface area contributed by atoms with Crippen LogP contribution in [0, 0.1) is 30.6 Å². The highest BCUT2D eigenvalue weighted by atomic mass is 15.3. The summed E-state index contributed by atoms with van der Waals surface area (Å²) in [6.45, 7) is 9.41. The highest BCUT2D eigenvalue weighted by Crippen LogP contribution is 2.14. The van der Waals surface area contributed by atoms with Crippen LogP contribution in [-0.2, 0) is 13.6 Å².